The monoisotopic (exact) mass is 531 g/mol. The van der Waals surface area contributed by atoms with Gasteiger partial charge in [-0.1, -0.05) is 29.3 Å². The summed E-state index contributed by atoms with van der Waals surface area (Å²) in [6.07, 6.45) is 0.237. The van der Waals surface area contributed by atoms with Crippen molar-refractivity contribution in [3.05, 3.63) is 75.8 Å². The fourth-order valence-electron chi connectivity index (χ4n) is 3.84. The summed E-state index contributed by atoms with van der Waals surface area (Å²) in [4.78, 5) is 14.3. The minimum atomic E-state index is -3.83. The molecule has 0 aromatic heterocycles. The molecule has 0 radical (unpaired) electrons. The van der Waals surface area contributed by atoms with Gasteiger partial charge in [0.15, 0.2) is 5.75 Å². The molecule has 1 aliphatic rings. The van der Waals surface area contributed by atoms with Crippen molar-refractivity contribution in [2.45, 2.75) is 17.2 Å². The molecule has 0 spiro atoms. The number of benzene rings is 3. The number of nitrogens with zero attached hydrogens (tertiary/aromatic N) is 2. The smallest absolute Gasteiger partial charge is 0.238 e. The molecule has 8 nitrogen and oxygen atoms in total. The Morgan fingerprint density at radius 1 is 1.09 bits per heavy atom. The van der Waals surface area contributed by atoms with Crippen LogP contribution in [0.1, 0.15) is 23.5 Å². The van der Waals surface area contributed by atoms with Crippen molar-refractivity contribution < 1.29 is 22.7 Å². The molecule has 3 aromatic carbocycles. The normalized spacial score (nSPS) is 15.7. The number of halogens is 2. The van der Waals surface area contributed by atoms with Gasteiger partial charge in [-0.05, 0) is 54.1 Å². The van der Waals surface area contributed by atoms with Crippen LogP contribution in [0.4, 0.5) is 5.69 Å². The summed E-state index contributed by atoms with van der Waals surface area (Å²) in [5.74, 6) is 0.457. The Balaban J connectivity index is 1.60. The van der Waals surface area contributed by atoms with Crippen LogP contribution in [0, 0.1) is 11.3 Å². The highest BCUT2D eigenvalue weighted by molar-refractivity contribution is 7.89. The summed E-state index contributed by atoms with van der Waals surface area (Å²) >= 11 is 12.7. The topological polar surface area (TPSA) is 123 Å². The van der Waals surface area contributed by atoms with Gasteiger partial charge in [-0.25, -0.2) is 13.6 Å². The first kappa shape index (κ1) is 24.8. The molecule has 180 valence electrons. The lowest BCUT2D eigenvalue weighted by Crippen LogP contribution is -2.24. The van der Waals surface area contributed by atoms with Crippen molar-refractivity contribution in [2.75, 3.05) is 18.6 Å². The molecule has 1 fully saturated rings. The molecule has 0 bridgehead atoms. The number of anilines is 1. The number of hydrogen-bond acceptors (Lipinski definition) is 6. The Morgan fingerprint density at radius 3 is 2.43 bits per heavy atom. The number of primary sulfonamides is 1. The van der Waals surface area contributed by atoms with Crippen LogP contribution in [-0.2, 0) is 14.8 Å². The molecule has 4 rings (SSSR count). The van der Waals surface area contributed by atoms with E-state index >= 15 is 0 Å². The SMILES string of the molecule is COc1ccc(C#N)c(Oc2cc([C@H]3CC(=O)N(c4ccc(S(N)(=O)=O)cc4)C3)ccc2Cl)c1Cl. The maximum absolute atomic E-state index is 12.7. The van der Waals surface area contributed by atoms with Crippen LogP contribution in [0.15, 0.2) is 59.5 Å². The highest BCUT2D eigenvalue weighted by atomic mass is 35.5. The van der Waals surface area contributed by atoms with E-state index in [4.69, 9.17) is 37.8 Å². The maximum Gasteiger partial charge on any atom is 0.238 e. The minimum Gasteiger partial charge on any atom is -0.495 e. The number of hydrogen-bond donors (Lipinski definition) is 1. The van der Waals surface area contributed by atoms with Gasteiger partial charge in [0.1, 0.15) is 22.6 Å². The van der Waals surface area contributed by atoms with Crippen molar-refractivity contribution in [3.63, 3.8) is 0 Å². The van der Waals surface area contributed by atoms with Gasteiger partial charge in [0, 0.05) is 24.6 Å². The van der Waals surface area contributed by atoms with Gasteiger partial charge in [0.2, 0.25) is 15.9 Å². The number of methoxy groups -OCH3 is 1. The Bertz CT molecular complexity index is 1450. The van der Waals surface area contributed by atoms with Crippen molar-refractivity contribution in [1.29, 1.82) is 5.26 Å². The Hall–Kier alpha value is -3.29. The third-order valence-electron chi connectivity index (χ3n) is 5.64. The zero-order valence-corrected chi connectivity index (χ0v) is 20.7. The first-order valence-electron chi connectivity index (χ1n) is 10.3. The quantitative estimate of drug-likeness (QED) is 0.485. The molecule has 1 atom stereocenters. The first-order valence-corrected chi connectivity index (χ1v) is 12.6. The number of ether oxygens (including phenoxy) is 2. The number of sulfonamides is 1. The highest BCUT2D eigenvalue weighted by Gasteiger charge is 2.32. The molecule has 0 aliphatic carbocycles. The predicted octanol–water partition coefficient (Wildman–Crippen LogP) is 4.83. The van der Waals surface area contributed by atoms with Gasteiger partial charge in [0.25, 0.3) is 0 Å². The van der Waals surface area contributed by atoms with E-state index in [9.17, 15) is 18.5 Å². The van der Waals surface area contributed by atoms with E-state index in [1.54, 1.807) is 41.3 Å². The molecule has 2 N–H and O–H groups in total. The van der Waals surface area contributed by atoms with Crippen LogP contribution in [0.2, 0.25) is 10.0 Å². The predicted molar refractivity (Wildman–Crippen MR) is 132 cm³/mol. The second kappa shape index (κ2) is 9.76. The zero-order valence-electron chi connectivity index (χ0n) is 18.4. The van der Waals surface area contributed by atoms with E-state index in [-0.39, 0.29) is 45.2 Å². The summed E-state index contributed by atoms with van der Waals surface area (Å²) in [6, 6.07) is 16.1. The highest BCUT2D eigenvalue weighted by Crippen LogP contribution is 2.42. The summed E-state index contributed by atoms with van der Waals surface area (Å²) in [5.41, 5.74) is 1.58. The van der Waals surface area contributed by atoms with E-state index in [0.29, 0.717) is 23.0 Å². The van der Waals surface area contributed by atoms with Crippen molar-refractivity contribution in [1.82, 2.24) is 0 Å². The second-order valence-corrected chi connectivity index (χ2v) is 10.2. The Kier molecular flexibility index (Phi) is 6.92. The van der Waals surface area contributed by atoms with Crippen LogP contribution in [0.3, 0.4) is 0 Å². The first-order chi connectivity index (χ1) is 16.6. The number of carbonyl (C=O) groups excluding carboxylic acids is 1. The third-order valence-corrected chi connectivity index (χ3v) is 7.24. The van der Waals surface area contributed by atoms with Crippen LogP contribution >= 0.6 is 23.2 Å². The molecular formula is C24H19Cl2N3O5S. The lowest BCUT2D eigenvalue weighted by atomic mass is 9.98. The maximum atomic E-state index is 12.7. The molecule has 1 aliphatic heterocycles. The molecule has 3 aromatic rings. The summed E-state index contributed by atoms with van der Waals surface area (Å²) in [6.45, 7) is 0.373. The second-order valence-electron chi connectivity index (χ2n) is 7.81. The van der Waals surface area contributed by atoms with Crippen LogP contribution in [0.25, 0.3) is 0 Å². The fourth-order valence-corrected chi connectivity index (χ4v) is 4.79. The van der Waals surface area contributed by atoms with E-state index in [1.165, 1.54) is 25.3 Å². The van der Waals surface area contributed by atoms with Gasteiger partial charge in [-0.15, -0.1) is 0 Å². The molecule has 0 unspecified atom stereocenters. The standard InChI is InChI=1S/C24H19Cl2N3O5S/c1-33-20-9-3-15(12-27)24(23(20)26)34-21-10-14(2-8-19(21)25)16-11-22(30)29(13-16)17-4-6-18(7-5-17)35(28,31)32/h2-10,16H,11,13H2,1H3,(H2,28,31,32)/t16-/m0/s1. The van der Waals surface area contributed by atoms with E-state index in [1.807, 2.05) is 6.07 Å². The van der Waals surface area contributed by atoms with Gasteiger partial charge >= 0.3 is 0 Å². The van der Waals surface area contributed by atoms with Crippen LogP contribution < -0.4 is 19.5 Å². The largest absolute Gasteiger partial charge is 0.495 e. The van der Waals surface area contributed by atoms with Gasteiger partial charge in [-0.2, -0.15) is 5.26 Å². The number of rotatable bonds is 6. The average molecular weight is 532 g/mol. The zero-order chi connectivity index (χ0) is 25.3. The molecule has 11 heteroatoms. The summed E-state index contributed by atoms with van der Waals surface area (Å²) < 4.78 is 34.2. The number of nitrogens with two attached hydrogens (primary N) is 1. The summed E-state index contributed by atoms with van der Waals surface area (Å²) in [7, 11) is -2.37. The lowest BCUT2D eigenvalue weighted by Gasteiger charge is -2.18. The number of carbonyl (C=O) groups is 1. The number of nitriles is 1. The van der Waals surface area contributed by atoms with E-state index in [2.05, 4.69) is 0 Å². The van der Waals surface area contributed by atoms with E-state index < -0.39 is 10.0 Å². The van der Waals surface area contributed by atoms with Crippen LogP contribution in [0.5, 0.6) is 17.2 Å². The fraction of sp³-hybridized carbons (Fsp3) is 0.167. The lowest BCUT2D eigenvalue weighted by molar-refractivity contribution is -0.117. The Morgan fingerprint density at radius 2 is 1.80 bits per heavy atom. The molecule has 1 saturated heterocycles. The van der Waals surface area contributed by atoms with Crippen molar-refractivity contribution in [3.8, 4) is 23.3 Å². The van der Waals surface area contributed by atoms with E-state index in [0.717, 1.165) is 5.56 Å². The van der Waals surface area contributed by atoms with Crippen LogP contribution in [-0.4, -0.2) is 28.0 Å². The number of amides is 1. The molecule has 1 heterocycles. The minimum absolute atomic E-state index is 0.0307. The van der Waals surface area contributed by atoms with Gasteiger partial charge in [0.05, 0.1) is 22.6 Å². The third kappa shape index (κ3) is 5.06. The molecular weight excluding hydrogens is 513 g/mol. The van der Waals surface area contributed by atoms with Gasteiger partial charge < -0.3 is 14.4 Å². The molecule has 35 heavy (non-hydrogen) atoms. The Labute approximate surface area is 212 Å². The van der Waals surface area contributed by atoms with Gasteiger partial charge in [-0.3, -0.25) is 4.79 Å². The molecule has 0 saturated carbocycles. The van der Waals surface area contributed by atoms with Crippen molar-refractivity contribution in [2.24, 2.45) is 5.14 Å². The average Bonchev–Trinajstić information content (AvgIpc) is 3.22. The summed E-state index contributed by atoms with van der Waals surface area (Å²) in [5, 5.41) is 15.0. The molecule has 1 amide bonds. The van der Waals surface area contributed by atoms with Crippen molar-refractivity contribution >= 4 is 44.8 Å².